The third-order valence-corrected chi connectivity index (χ3v) is 6.18. The first-order chi connectivity index (χ1) is 7.13. The zero-order valence-electron chi connectivity index (χ0n) is 7.43. The second kappa shape index (κ2) is 4.82. The summed E-state index contributed by atoms with van der Waals surface area (Å²) in [7, 11) is 0. The van der Waals surface area contributed by atoms with Crippen LogP contribution in [0.3, 0.4) is 0 Å². The van der Waals surface area contributed by atoms with Gasteiger partial charge in [-0.05, 0) is 96.7 Å². The molecule has 2 aromatic rings. The third-order valence-electron chi connectivity index (χ3n) is 2.15. The second-order valence-electron chi connectivity index (χ2n) is 3.07. The van der Waals surface area contributed by atoms with Gasteiger partial charge in [-0.3, -0.25) is 4.79 Å². The maximum Gasteiger partial charge on any atom is 0.151 e. The van der Waals surface area contributed by atoms with Gasteiger partial charge in [-0.25, -0.2) is 0 Å². The van der Waals surface area contributed by atoms with Crippen LogP contribution in [-0.4, -0.2) is 6.29 Å². The Labute approximate surface area is 128 Å². The summed E-state index contributed by atoms with van der Waals surface area (Å²) >= 11 is 6.87. The minimum Gasteiger partial charge on any atom is -0.298 e. The summed E-state index contributed by atoms with van der Waals surface area (Å²) in [5.74, 6) is 0. The highest BCUT2D eigenvalue weighted by atomic mass is 127. The predicted molar refractivity (Wildman–Crippen MR) is 87.5 cm³/mol. The fraction of sp³-hybridized carbons (Fsp3) is 0. The quantitative estimate of drug-likeness (QED) is 0.391. The van der Waals surface area contributed by atoms with Crippen LogP contribution in [0.2, 0.25) is 0 Å². The first-order valence-corrected chi connectivity index (χ1v) is 7.39. The van der Waals surface area contributed by atoms with E-state index >= 15 is 0 Å². The fourth-order valence-corrected chi connectivity index (χ4v) is 3.10. The molecule has 0 spiro atoms. The Kier molecular flexibility index (Phi) is 3.87. The van der Waals surface area contributed by atoms with Crippen LogP contribution in [0.4, 0.5) is 0 Å². The molecule has 0 aromatic heterocycles. The number of fused-ring (bicyclic) bond motifs is 1. The van der Waals surface area contributed by atoms with E-state index in [1.54, 1.807) is 0 Å². The van der Waals surface area contributed by atoms with Crippen molar-refractivity contribution in [3.63, 3.8) is 0 Å². The number of benzene rings is 2. The SMILES string of the molecule is O=Cc1cc2ccc(I)c(I)c2cc1I. The van der Waals surface area contributed by atoms with E-state index in [9.17, 15) is 4.79 Å². The van der Waals surface area contributed by atoms with Crippen molar-refractivity contribution in [1.82, 2.24) is 0 Å². The van der Waals surface area contributed by atoms with Crippen LogP contribution in [0.5, 0.6) is 0 Å². The van der Waals surface area contributed by atoms with Gasteiger partial charge < -0.3 is 0 Å². The monoisotopic (exact) mass is 534 g/mol. The molecule has 0 radical (unpaired) electrons. The molecular weight excluding hydrogens is 529 g/mol. The van der Waals surface area contributed by atoms with Crippen LogP contribution < -0.4 is 0 Å². The minimum absolute atomic E-state index is 0.764. The lowest BCUT2D eigenvalue weighted by Crippen LogP contribution is -1.89. The van der Waals surface area contributed by atoms with Crippen molar-refractivity contribution in [2.24, 2.45) is 0 Å². The average Bonchev–Trinajstić information content (AvgIpc) is 2.24. The van der Waals surface area contributed by atoms with Crippen LogP contribution in [0.1, 0.15) is 10.4 Å². The lowest BCUT2D eigenvalue weighted by molar-refractivity contribution is 0.112. The molecule has 0 heterocycles. The Morgan fingerprint density at radius 1 is 1.00 bits per heavy atom. The molecule has 0 saturated carbocycles. The van der Waals surface area contributed by atoms with Crippen molar-refractivity contribution in [2.45, 2.75) is 0 Å². The number of aldehydes is 1. The summed E-state index contributed by atoms with van der Waals surface area (Å²) in [5, 5.41) is 2.35. The first-order valence-electron chi connectivity index (χ1n) is 4.16. The highest BCUT2D eigenvalue weighted by Gasteiger charge is 2.06. The predicted octanol–water partition coefficient (Wildman–Crippen LogP) is 4.47. The Morgan fingerprint density at radius 3 is 2.40 bits per heavy atom. The van der Waals surface area contributed by atoms with E-state index in [0.717, 1.165) is 20.8 Å². The summed E-state index contributed by atoms with van der Waals surface area (Å²) in [6.07, 6.45) is 0.909. The smallest absolute Gasteiger partial charge is 0.151 e. The van der Waals surface area contributed by atoms with Crippen molar-refractivity contribution >= 4 is 84.8 Å². The molecule has 0 saturated heterocycles. The van der Waals surface area contributed by atoms with Gasteiger partial charge in [0, 0.05) is 16.3 Å². The molecule has 0 aliphatic carbocycles. The van der Waals surface area contributed by atoms with Crippen LogP contribution in [0.15, 0.2) is 24.3 Å². The van der Waals surface area contributed by atoms with Crippen LogP contribution in [-0.2, 0) is 0 Å². The normalized spacial score (nSPS) is 10.6. The maximum absolute atomic E-state index is 10.8. The van der Waals surface area contributed by atoms with Crippen molar-refractivity contribution in [1.29, 1.82) is 0 Å². The minimum atomic E-state index is 0.764. The zero-order valence-corrected chi connectivity index (χ0v) is 13.9. The molecule has 0 atom stereocenters. The third kappa shape index (κ3) is 2.31. The summed E-state index contributed by atoms with van der Waals surface area (Å²) < 4.78 is 3.51. The summed E-state index contributed by atoms with van der Waals surface area (Å²) in [6, 6.07) is 8.15. The molecule has 0 unspecified atom stereocenters. The molecule has 76 valence electrons. The van der Waals surface area contributed by atoms with E-state index in [1.807, 2.05) is 6.07 Å². The van der Waals surface area contributed by atoms with Gasteiger partial charge in [0.2, 0.25) is 0 Å². The van der Waals surface area contributed by atoms with Gasteiger partial charge in [0.05, 0.1) is 0 Å². The van der Waals surface area contributed by atoms with E-state index in [0.29, 0.717) is 0 Å². The molecule has 0 amide bonds. The number of carbonyl (C=O) groups excluding carboxylic acids is 1. The van der Waals surface area contributed by atoms with Crippen LogP contribution in [0, 0.1) is 10.7 Å². The molecule has 0 aliphatic rings. The van der Waals surface area contributed by atoms with Gasteiger partial charge in [-0.1, -0.05) is 6.07 Å². The Hall–Kier alpha value is 0.560. The van der Waals surface area contributed by atoms with Crippen molar-refractivity contribution < 1.29 is 4.79 Å². The molecule has 0 aliphatic heterocycles. The lowest BCUT2D eigenvalue weighted by Gasteiger charge is -2.05. The Morgan fingerprint density at radius 2 is 1.73 bits per heavy atom. The van der Waals surface area contributed by atoms with E-state index in [4.69, 9.17) is 0 Å². The van der Waals surface area contributed by atoms with Gasteiger partial charge >= 0.3 is 0 Å². The van der Waals surface area contributed by atoms with Crippen LogP contribution >= 0.6 is 67.8 Å². The molecule has 2 aromatic carbocycles. The summed E-state index contributed by atoms with van der Waals surface area (Å²) in [5.41, 5.74) is 0.764. The zero-order chi connectivity index (χ0) is 11.0. The van der Waals surface area contributed by atoms with Gasteiger partial charge in [0.25, 0.3) is 0 Å². The molecule has 0 bridgehead atoms. The topological polar surface area (TPSA) is 17.1 Å². The molecular formula is C11H5I3O. The largest absolute Gasteiger partial charge is 0.298 e. The average molecular weight is 534 g/mol. The number of carbonyl (C=O) groups is 1. The van der Waals surface area contributed by atoms with Gasteiger partial charge in [0.15, 0.2) is 6.29 Å². The molecule has 0 N–H and O–H groups in total. The standard InChI is InChI=1S/C11H5I3O/c12-9-2-1-6-3-7(5-15)10(13)4-8(6)11(9)14/h1-5H. The summed E-state index contributed by atoms with van der Waals surface area (Å²) in [6.45, 7) is 0. The number of hydrogen-bond acceptors (Lipinski definition) is 1. The number of hydrogen-bond donors (Lipinski definition) is 0. The lowest BCUT2D eigenvalue weighted by atomic mass is 10.1. The summed E-state index contributed by atoms with van der Waals surface area (Å²) in [4.78, 5) is 10.8. The van der Waals surface area contributed by atoms with Gasteiger partial charge in [-0.15, -0.1) is 0 Å². The highest BCUT2D eigenvalue weighted by molar-refractivity contribution is 14.1. The molecule has 0 fully saturated rings. The Bertz CT molecular complexity index is 549. The second-order valence-corrected chi connectivity index (χ2v) is 6.48. The molecule has 4 heteroatoms. The van der Waals surface area contributed by atoms with Gasteiger partial charge in [-0.2, -0.15) is 0 Å². The molecule has 2 rings (SSSR count). The number of halogens is 3. The maximum atomic E-state index is 10.8. The van der Waals surface area contributed by atoms with E-state index in [2.05, 4.69) is 86.0 Å². The van der Waals surface area contributed by atoms with Crippen molar-refractivity contribution in [3.05, 3.63) is 40.5 Å². The molecule has 1 nitrogen and oxygen atoms in total. The molecule has 15 heavy (non-hydrogen) atoms. The first kappa shape index (κ1) is 12.0. The highest BCUT2D eigenvalue weighted by Crippen LogP contribution is 2.28. The Balaban J connectivity index is 2.87. The van der Waals surface area contributed by atoms with Crippen molar-refractivity contribution in [3.8, 4) is 0 Å². The van der Waals surface area contributed by atoms with E-state index < -0.39 is 0 Å². The van der Waals surface area contributed by atoms with E-state index in [1.165, 1.54) is 12.5 Å². The number of rotatable bonds is 1. The van der Waals surface area contributed by atoms with Crippen molar-refractivity contribution in [2.75, 3.05) is 0 Å². The van der Waals surface area contributed by atoms with E-state index in [-0.39, 0.29) is 0 Å². The van der Waals surface area contributed by atoms with Gasteiger partial charge in [0.1, 0.15) is 0 Å². The van der Waals surface area contributed by atoms with Crippen LogP contribution in [0.25, 0.3) is 10.8 Å². The fourth-order valence-electron chi connectivity index (χ4n) is 1.39.